The molecule has 2 heterocycles. The lowest BCUT2D eigenvalue weighted by atomic mass is 10.1. The van der Waals surface area contributed by atoms with E-state index in [1.54, 1.807) is 17.6 Å². The molecule has 4 rings (SSSR count). The summed E-state index contributed by atoms with van der Waals surface area (Å²) in [4.78, 5) is 39.1. The minimum Gasteiger partial charge on any atom is -0.465 e. The highest BCUT2D eigenvalue weighted by Gasteiger charge is 2.34. The average molecular weight is 513 g/mol. The third kappa shape index (κ3) is 4.81. The molecule has 0 unspecified atom stereocenters. The van der Waals surface area contributed by atoms with E-state index in [4.69, 9.17) is 4.74 Å². The van der Waals surface area contributed by atoms with E-state index in [1.165, 1.54) is 4.90 Å². The van der Waals surface area contributed by atoms with Crippen molar-refractivity contribution in [3.8, 4) is 0 Å². The zero-order chi connectivity index (χ0) is 22.7. The number of rotatable bonds is 7. The summed E-state index contributed by atoms with van der Waals surface area (Å²) in [5.74, 6) is -0.627. The third-order valence-electron chi connectivity index (χ3n) is 5.11. The molecule has 164 valence electrons. The van der Waals surface area contributed by atoms with Gasteiger partial charge in [-0.1, -0.05) is 46.3 Å². The van der Waals surface area contributed by atoms with Gasteiger partial charge in [-0.15, -0.1) is 0 Å². The highest BCUT2D eigenvalue weighted by atomic mass is 79.9. The largest absolute Gasteiger partial charge is 0.465 e. The summed E-state index contributed by atoms with van der Waals surface area (Å²) in [7, 11) is 0. The number of imide groups is 1. The van der Waals surface area contributed by atoms with E-state index < -0.39 is 0 Å². The number of hydrogen-bond donors (Lipinski definition) is 0. The standard InChI is InChI=1S/C24H21BrN2O4S/c1-2-31-22(28)15-26-14-17(19-13-18(25)8-9-20(19)26)12-21-23(29)27(24(30)32-21)11-10-16-6-4-3-5-7-16/h3-9,12-14H,2,10-11,15H2,1H3/b21-12-. The van der Waals surface area contributed by atoms with Crippen LogP contribution in [-0.4, -0.2) is 39.7 Å². The smallest absolute Gasteiger partial charge is 0.325 e. The lowest BCUT2D eigenvalue weighted by Crippen LogP contribution is -2.30. The van der Waals surface area contributed by atoms with Gasteiger partial charge in [0, 0.05) is 33.7 Å². The highest BCUT2D eigenvalue weighted by Crippen LogP contribution is 2.35. The number of benzene rings is 2. The summed E-state index contributed by atoms with van der Waals surface area (Å²) in [6.07, 6.45) is 4.15. The Balaban J connectivity index is 1.60. The van der Waals surface area contributed by atoms with Crippen LogP contribution in [0.5, 0.6) is 0 Å². The molecule has 6 nitrogen and oxygen atoms in total. The number of esters is 1. The van der Waals surface area contributed by atoms with Crippen molar-refractivity contribution in [2.75, 3.05) is 13.2 Å². The minimum atomic E-state index is -0.333. The number of ether oxygens (including phenoxy) is 1. The van der Waals surface area contributed by atoms with Crippen LogP contribution < -0.4 is 0 Å². The molecule has 8 heteroatoms. The normalized spacial score (nSPS) is 15.2. The second kappa shape index (κ2) is 9.75. The number of halogens is 1. The fourth-order valence-corrected chi connectivity index (χ4v) is 4.83. The minimum absolute atomic E-state index is 0.0678. The molecule has 1 fully saturated rings. The molecule has 0 bridgehead atoms. The van der Waals surface area contributed by atoms with Crippen LogP contribution in [0.3, 0.4) is 0 Å². The van der Waals surface area contributed by atoms with Gasteiger partial charge < -0.3 is 9.30 Å². The Morgan fingerprint density at radius 1 is 1.16 bits per heavy atom. The topological polar surface area (TPSA) is 68.6 Å². The Labute approximate surface area is 198 Å². The van der Waals surface area contributed by atoms with Crippen molar-refractivity contribution < 1.29 is 19.1 Å². The summed E-state index contributed by atoms with van der Waals surface area (Å²) in [5, 5.41) is 0.605. The van der Waals surface area contributed by atoms with Crippen molar-refractivity contribution in [2.45, 2.75) is 19.9 Å². The van der Waals surface area contributed by atoms with E-state index in [0.717, 1.165) is 38.3 Å². The number of amides is 2. The van der Waals surface area contributed by atoms with Gasteiger partial charge in [0.25, 0.3) is 11.1 Å². The van der Waals surface area contributed by atoms with Crippen molar-refractivity contribution in [2.24, 2.45) is 0 Å². The van der Waals surface area contributed by atoms with Gasteiger partial charge in [0.05, 0.1) is 11.5 Å². The SMILES string of the molecule is CCOC(=O)Cn1cc(/C=C2\SC(=O)N(CCc3ccccc3)C2=O)c2cc(Br)ccc21. The van der Waals surface area contributed by atoms with Crippen molar-refractivity contribution in [3.05, 3.63) is 75.2 Å². The maximum Gasteiger partial charge on any atom is 0.325 e. The van der Waals surface area contributed by atoms with Crippen molar-refractivity contribution in [1.82, 2.24) is 9.47 Å². The number of carbonyl (C=O) groups excluding carboxylic acids is 3. The molecule has 0 saturated carbocycles. The van der Waals surface area contributed by atoms with Gasteiger partial charge >= 0.3 is 5.97 Å². The molecule has 1 aliphatic heterocycles. The molecule has 0 aliphatic carbocycles. The Hall–Kier alpha value is -2.84. The average Bonchev–Trinajstić information content (AvgIpc) is 3.23. The van der Waals surface area contributed by atoms with Crippen molar-refractivity contribution >= 4 is 61.8 Å². The van der Waals surface area contributed by atoms with Gasteiger partial charge in [0.1, 0.15) is 6.54 Å². The number of fused-ring (bicyclic) bond motifs is 1. The summed E-state index contributed by atoms with van der Waals surface area (Å²) >= 11 is 4.42. The van der Waals surface area contributed by atoms with E-state index in [9.17, 15) is 14.4 Å². The quantitative estimate of drug-likeness (QED) is 0.319. The summed E-state index contributed by atoms with van der Waals surface area (Å²) in [5.41, 5.74) is 2.68. The highest BCUT2D eigenvalue weighted by molar-refractivity contribution is 9.10. The number of hydrogen-bond acceptors (Lipinski definition) is 5. The zero-order valence-electron chi connectivity index (χ0n) is 17.4. The summed E-state index contributed by atoms with van der Waals surface area (Å²) in [6, 6.07) is 15.5. The Kier molecular flexibility index (Phi) is 6.81. The maximum atomic E-state index is 12.9. The first-order chi connectivity index (χ1) is 15.5. The van der Waals surface area contributed by atoms with Crippen LogP contribution in [0, 0.1) is 0 Å². The maximum absolute atomic E-state index is 12.9. The van der Waals surface area contributed by atoms with E-state index in [1.807, 2.05) is 54.7 Å². The van der Waals surface area contributed by atoms with Gasteiger partial charge in [0.2, 0.25) is 0 Å². The number of carbonyl (C=O) groups is 3. The molecular formula is C24H21BrN2O4S. The molecule has 1 saturated heterocycles. The molecule has 1 aromatic heterocycles. The van der Waals surface area contributed by atoms with Crippen LogP contribution in [0.25, 0.3) is 17.0 Å². The molecule has 0 radical (unpaired) electrons. The van der Waals surface area contributed by atoms with Crippen LogP contribution in [-0.2, 0) is 27.3 Å². The van der Waals surface area contributed by atoms with Gasteiger partial charge in [0.15, 0.2) is 0 Å². The second-order valence-corrected chi connectivity index (χ2v) is 9.16. The predicted molar refractivity (Wildman–Crippen MR) is 129 cm³/mol. The van der Waals surface area contributed by atoms with Gasteiger partial charge in [-0.2, -0.15) is 0 Å². The molecule has 0 atom stereocenters. The lowest BCUT2D eigenvalue weighted by Gasteiger charge is -2.12. The van der Waals surface area contributed by atoms with E-state index in [2.05, 4.69) is 15.9 Å². The summed E-state index contributed by atoms with van der Waals surface area (Å²) in [6.45, 7) is 2.48. The van der Waals surface area contributed by atoms with E-state index >= 15 is 0 Å². The third-order valence-corrected chi connectivity index (χ3v) is 6.51. The predicted octanol–water partition coefficient (Wildman–Crippen LogP) is 5.25. The molecule has 32 heavy (non-hydrogen) atoms. The number of aromatic nitrogens is 1. The monoisotopic (exact) mass is 512 g/mol. The number of nitrogens with zero attached hydrogens (tertiary/aromatic N) is 2. The Morgan fingerprint density at radius 2 is 1.94 bits per heavy atom. The van der Waals surface area contributed by atoms with Crippen LogP contribution in [0.15, 0.2) is 64.1 Å². The first kappa shape index (κ1) is 22.4. The molecule has 2 amide bonds. The van der Waals surface area contributed by atoms with Crippen molar-refractivity contribution in [1.29, 1.82) is 0 Å². The summed E-state index contributed by atoms with van der Waals surface area (Å²) < 4.78 is 7.75. The molecular weight excluding hydrogens is 492 g/mol. The molecule has 0 spiro atoms. The fourth-order valence-electron chi connectivity index (χ4n) is 3.61. The lowest BCUT2D eigenvalue weighted by molar-refractivity contribution is -0.143. The second-order valence-electron chi connectivity index (χ2n) is 7.25. The molecule has 3 aromatic rings. The molecule has 1 aliphatic rings. The van der Waals surface area contributed by atoms with E-state index in [0.29, 0.717) is 24.5 Å². The van der Waals surface area contributed by atoms with Crippen LogP contribution in [0.4, 0.5) is 4.79 Å². The van der Waals surface area contributed by atoms with E-state index in [-0.39, 0.29) is 23.7 Å². The van der Waals surface area contributed by atoms with Crippen LogP contribution in [0.1, 0.15) is 18.1 Å². The molecule has 0 N–H and O–H groups in total. The first-order valence-corrected chi connectivity index (χ1v) is 11.8. The van der Waals surface area contributed by atoms with Gasteiger partial charge in [-0.25, -0.2) is 0 Å². The van der Waals surface area contributed by atoms with Crippen LogP contribution in [0.2, 0.25) is 0 Å². The Morgan fingerprint density at radius 3 is 2.69 bits per heavy atom. The molecule has 2 aromatic carbocycles. The zero-order valence-corrected chi connectivity index (χ0v) is 19.8. The van der Waals surface area contributed by atoms with Gasteiger partial charge in [-0.05, 0) is 54.9 Å². The van der Waals surface area contributed by atoms with Gasteiger partial charge in [-0.3, -0.25) is 19.3 Å². The first-order valence-electron chi connectivity index (χ1n) is 10.2. The van der Waals surface area contributed by atoms with Crippen LogP contribution >= 0.6 is 27.7 Å². The number of thioether (sulfide) groups is 1. The Bertz CT molecular complexity index is 1220. The fraction of sp³-hybridized carbons (Fsp3) is 0.208. The van der Waals surface area contributed by atoms with Crippen molar-refractivity contribution in [3.63, 3.8) is 0 Å².